The number of hydrogen-bond donors (Lipinski definition) is 1. The van der Waals surface area contributed by atoms with Gasteiger partial charge < -0.3 is 15.0 Å². The summed E-state index contributed by atoms with van der Waals surface area (Å²) in [5.74, 6) is 0.888. The predicted octanol–water partition coefficient (Wildman–Crippen LogP) is 2.14. The zero-order chi connectivity index (χ0) is 20.1. The Bertz CT molecular complexity index is 947. The molecule has 3 aromatic rings. The van der Waals surface area contributed by atoms with E-state index in [0.717, 1.165) is 42.5 Å². The van der Waals surface area contributed by atoms with Crippen molar-refractivity contribution in [2.75, 3.05) is 26.2 Å². The number of guanidine groups is 1. The maximum Gasteiger partial charge on any atom is 0.194 e. The zero-order valence-electron chi connectivity index (χ0n) is 16.9. The first kappa shape index (κ1) is 19.2. The molecule has 1 atom stereocenters. The molecule has 152 valence electrons. The minimum absolute atomic E-state index is 0.00130. The highest BCUT2D eigenvalue weighted by Gasteiger charge is 2.25. The predicted molar refractivity (Wildman–Crippen MR) is 112 cm³/mol. The molecule has 3 heterocycles. The number of nitrogens with one attached hydrogen (secondary N) is 1. The second-order valence-corrected chi connectivity index (χ2v) is 7.01. The molecule has 8 nitrogen and oxygen atoms in total. The number of aromatic nitrogens is 4. The third kappa shape index (κ3) is 4.65. The first-order valence-electron chi connectivity index (χ1n) is 9.96. The summed E-state index contributed by atoms with van der Waals surface area (Å²) in [7, 11) is 1.92. The van der Waals surface area contributed by atoms with Gasteiger partial charge in [0.1, 0.15) is 6.10 Å². The quantitative estimate of drug-likeness (QED) is 0.531. The Kier molecular flexibility index (Phi) is 5.90. The third-order valence-electron chi connectivity index (χ3n) is 4.85. The average molecular weight is 393 g/mol. The van der Waals surface area contributed by atoms with Gasteiger partial charge in [-0.05, 0) is 25.1 Å². The number of ether oxygens (including phenoxy) is 1. The molecule has 0 spiro atoms. The summed E-state index contributed by atoms with van der Waals surface area (Å²) < 4.78 is 9.64. The van der Waals surface area contributed by atoms with Crippen LogP contribution in [0.1, 0.15) is 24.3 Å². The van der Waals surface area contributed by atoms with Crippen LogP contribution < -0.4 is 5.32 Å². The van der Waals surface area contributed by atoms with Crippen LogP contribution in [0.2, 0.25) is 0 Å². The number of aliphatic imine (C=N–C) groups is 1. The van der Waals surface area contributed by atoms with E-state index in [1.807, 2.05) is 66.7 Å². The summed E-state index contributed by atoms with van der Waals surface area (Å²) in [4.78, 5) is 7.08. The molecule has 0 aliphatic carbocycles. The van der Waals surface area contributed by atoms with Crippen LogP contribution in [0, 0.1) is 0 Å². The highest BCUT2D eigenvalue weighted by Crippen LogP contribution is 2.21. The van der Waals surface area contributed by atoms with Crippen LogP contribution in [0.5, 0.6) is 0 Å². The summed E-state index contributed by atoms with van der Waals surface area (Å²) in [6, 6.07) is 12.1. The van der Waals surface area contributed by atoms with Gasteiger partial charge in [-0.15, -0.1) is 0 Å². The van der Waals surface area contributed by atoms with Gasteiger partial charge in [0, 0.05) is 38.1 Å². The molecule has 2 aromatic heterocycles. The molecule has 1 aliphatic rings. The van der Waals surface area contributed by atoms with Crippen molar-refractivity contribution in [3.63, 3.8) is 0 Å². The minimum Gasteiger partial charge on any atom is -0.370 e. The molecule has 0 amide bonds. The molecule has 29 heavy (non-hydrogen) atoms. The van der Waals surface area contributed by atoms with E-state index in [0.29, 0.717) is 13.2 Å². The Morgan fingerprint density at radius 1 is 1.28 bits per heavy atom. The normalized spacial score (nSPS) is 17.5. The Balaban J connectivity index is 1.45. The lowest BCUT2D eigenvalue weighted by atomic mass is 10.1. The van der Waals surface area contributed by atoms with Crippen LogP contribution in [-0.4, -0.2) is 56.7 Å². The summed E-state index contributed by atoms with van der Waals surface area (Å²) in [5.41, 5.74) is 3.07. The van der Waals surface area contributed by atoms with Crippen LogP contribution in [0.25, 0.3) is 5.69 Å². The lowest BCUT2D eigenvalue weighted by molar-refractivity contribution is -0.00805. The molecule has 1 aromatic carbocycles. The Hall–Kier alpha value is -3.13. The van der Waals surface area contributed by atoms with E-state index in [2.05, 4.69) is 27.3 Å². The fourth-order valence-corrected chi connectivity index (χ4v) is 3.40. The van der Waals surface area contributed by atoms with E-state index in [-0.39, 0.29) is 6.10 Å². The molecular formula is C21H27N7O. The molecule has 1 saturated heterocycles. The number of hydrogen-bond acceptors (Lipinski definition) is 4. The molecular weight excluding hydrogens is 366 g/mol. The Morgan fingerprint density at radius 2 is 2.14 bits per heavy atom. The molecule has 0 bridgehead atoms. The van der Waals surface area contributed by atoms with Crippen LogP contribution in [-0.2, 0) is 18.3 Å². The average Bonchev–Trinajstić information content (AvgIpc) is 3.41. The molecule has 1 aliphatic heterocycles. The highest BCUT2D eigenvalue weighted by atomic mass is 16.5. The number of rotatable bonds is 5. The molecule has 1 N–H and O–H groups in total. The molecule has 0 saturated carbocycles. The van der Waals surface area contributed by atoms with Crippen LogP contribution in [0.3, 0.4) is 0 Å². The minimum atomic E-state index is -0.00130. The van der Waals surface area contributed by atoms with Crippen molar-refractivity contribution in [1.82, 2.24) is 29.8 Å². The van der Waals surface area contributed by atoms with Crippen molar-refractivity contribution in [2.24, 2.45) is 12.0 Å². The molecule has 1 fully saturated rings. The van der Waals surface area contributed by atoms with Crippen molar-refractivity contribution in [2.45, 2.75) is 19.6 Å². The maximum atomic E-state index is 5.96. The Morgan fingerprint density at radius 3 is 2.90 bits per heavy atom. The third-order valence-corrected chi connectivity index (χ3v) is 4.85. The molecule has 1 unspecified atom stereocenters. The first-order valence-corrected chi connectivity index (χ1v) is 9.96. The van der Waals surface area contributed by atoms with E-state index in [1.54, 1.807) is 4.68 Å². The van der Waals surface area contributed by atoms with Gasteiger partial charge in [-0.3, -0.25) is 4.68 Å². The number of benzene rings is 1. The van der Waals surface area contributed by atoms with Crippen molar-refractivity contribution in [3.05, 3.63) is 66.2 Å². The SMILES string of the molecule is CCNC(=NCc1ccn(-c2ccccc2)n1)N1CCOC(c2cnn(C)c2)C1. The Labute approximate surface area is 170 Å². The maximum absolute atomic E-state index is 5.96. The van der Waals surface area contributed by atoms with Gasteiger partial charge in [-0.1, -0.05) is 18.2 Å². The topological polar surface area (TPSA) is 72.5 Å². The van der Waals surface area contributed by atoms with Crippen molar-refractivity contribution < 1.29 is 4.74 Å². The van der Waals surface area contributed by atoms with Gasteiger partial charge in [0.25, 0.3) is 0 Å². The summed E-state index contributed by atoms with van der Waals surface area (Å²) >= 11 is 0. The van der Waals surface area contributed by atoms with Gasteiger partial charge in [0.05, 0.1) is 37.3 Å². The van der Waals surface area contributed by atoms with E-state index in [1.165, 1.54) is 0 Å². The second kappa shape index (κ2) is 8.91. The van der Waals surface area contributed by atoms with Gasteiger partial charge in [-0.2, -0.15) is 10.2 Å². The number of aryl methyl sites for hydroxylation is 1. The van der Waals surface area contributed by atoms with Gasteiger partial charge in [0.2, 0.25) is 0 Å². The summed E-state index contributed by atoms with van der Waals surface area (Å²) in [6.45, 7) is 5.63. The number of morpholine rings is 1. The van der Waals surface area contributed by atoms with E-state index >= 15 is 0 Å². The van der Waals surface area contributed by atoms with Crippen molar-refractivity contribution in [1.29, 1.82) is 0 Å². The fourth-order valence-electron chi connectivity index (χ4n) is 3.40. The van der Waals surface area contributed by atoms with E-state index in [9.17, 15) is 0 Å². The summed E-state index contributed by atoms with van der Waals surface area (Å²) in [6.07, 6.45) is 5.85. The lowest BCUT2D eigenvalue weighted by Gasteiger charge is -2.34. The van der Waals surface area contributed by atoms with Gasteiger partial charge in [-0.25, -0.2) is 9.67 Å². The molecule has 4 rings (SSSR count). The summed E-state index contributed by atoms with van der Waals surface area (Å²) in [5, 5.41) is 12.3. The lowest BCUT2D eigenvalue weighted by Crippen LogP contribution is -2.48. The number of para-hydroxylation sites is 1. The van der Waals surface area contributed by atoms with E-state index < -0.39 is 0 Å². The van der Waals surface area contributed by atoms with Gasteiger partial charge >= 0.3 is 0 Å². The van der Waals surface area contributed by atoms with Crippen LogP contribution in [0.15, 0.2) is 60.0 Å². The number of nitrogens with zero attached hydrogens (tertiary/aromatic N) is 6. The standard InChI is InChI=1S/C21H27N7O/c1-3-22-21(27-11-12-29-20(16-27)17-13-24-26(2)15-17)23-14-18-9-10-28(25-18)19-7-5-4-6-8-19/h4-10,13,15,20H,3,11-12,14,16H2,1-2H3,(H,22,23). The van der Waals surface area contributed by atoms with E-state index in [4.69, 9.17) is 9.73 Å². The largest absolute Gasteiger partial charge is 0.370 e. The van der Waals surface area contributed by atoms with Crippen LogP contribution in [0.4, 0.5) is 0 Å². The van der Waals surface area contributed by atoms with Crippen molar-refractivity contribution >= 4 is 5.96 Å². The molecule has 8 heteroatoms. The second-order valence-electron chi connectivity index (χ2n) is 7.01. The fraction of sp³-hybridized carbons (Fsp3) is 0.381. The smallest absolute Gasteiger partial charge is 0.194 e. The first-order chi connectivity index (χ1) is 14.2. The zero-order valence-corrected chi connectivity index (χ0v) is 16.9. The van der Waals surface area contributed by atoms with Crippen molar-refractivity contribution in [3.8, 4) is 5.69 Å². The highest BCUT2D eigenvalue weighted by molar-refractivity contribution is 5.80. The van der Waals surface area contributed by atoms with Crippen LogP contribution >= 0.6 is 0 Å². The molecule has 0 radical (unpaired) electrons. The monoisotopic (exact) mass is 393 g/mol. The van der Waals surface area contributed by atoms with Gasteiger partial charge in [0.15, 0.2) is 5.96 Å².